The second-order valence-corrected chi connectivity index (χ2v) is 8.57. The van der Waals surface area contributed by atoms with Gasteiger partial charge in [0, 0.05) is 34.4 Å². The van der Waals surface area contributed by atoms with Crippen LogP contribution in [-0.4, -0.2) is 20.2 Å². The number of rotatable bonds is 9. The van der Waals surface area contributed by atoms with Crippen LogP contribution < -0.4 is 10.6 Å². The lowest BCUT2D eigenvalue weighted by atomic mass is 9.98. The van der Waals surface area contributed by atoms with Crippen LogP contribution in [0, 0.1) is 6.92 Å². The molecule has 0 amide bonds. The van der Waals surface area contributed by atoms with Gasteiger partial charge < -0.3 is 4.98 Å². The summed E-state index contributed by atoms with van der Waals surface area (Å²) in [5.74, 6) is 0. The molecule has 0 spiro atoms. The van der Waals surface area contributed by atoms with Gasteiger partial charge in [-0.2, -0.15) is 5.10 Å². The van der Waals surface area contributed by atoms with Gasteiger partial charge in [0.05, 0.1) is 11.0 Å². The number of aromatic nitrogens is 4. The van der Waals surface area contributed by atoms with Crippen molar-refractivity contribution in [1.29, 1.82) is 0 Å². The van der Waals surface area contributed by atoms with E-state index in [-0.39, 0.29) is 0 Å². The van der Waals surface area contributed by atoms with Gasteiger partial charge in [-0.3, -0.25) is 10.1 Å². The summed E-state index contributed by atoms with van der Waals surface area (Å²) in [6, 6.07) is 6.17. The molecule has 0 aliphatic heterocycles. The molecule has 3 aromatic heterocycles. The van der Waals surface area contributed by atoms with Gasteiger partial charge in [0.15, 0.2) is 0 Å². The van der Waals surface area contributed by atoms with Gasteiger partial charge >= 0.3 is 0 Å². The highest BCUT2D eigenvalue weighted by Gasteiger charge is 2.14. The van der Waals surface area contributed by atoms with Crippen LogP contribution in [0.5, 0.6) is 0 Å². The smallest absolute Gasteiger partial charge is 0.116 e. The average molecular weight is 477 g/mol. The average Bonchev–Trinajstić information content (AvgIpc) is 3.46. The number of hydrogen-bond donors (Lipinski definition) is 2. The van der Waals surface area contributed by atoms with E-state index in [1.165, 1.54) is 11.1 Å². The topological polar surface area (TPSA) is 57.4 Å². The summed E-state index contributed by atoms with van der Waals surface area (Å²) >= 11 is 0. The van der Waals surface area contributed by atoms with Crippen LogP contribution in [0.25, 0.3) is 29.6 Å². The molecule has 0 aromatic carbocycles. The molecule has 0 fully saturated rings. The molecule has 0 radical (unpaired) electrons. The number of nitrogens with zero attached hydrogens (tertiary/aromatic N) is 2. The minimum absolute atomic E-state index is 0.810. The SMILES string of the molecule is C=C\C(=C/C(=C\C)C(/C)=C/C=c1/[nH]nc(-c2cc(/C(=C\C=C/C)c3cccnc3)c(C)[nH]2)c1=C)CC. The van der Waals surface area contributed by atoms with Gasteiger partial charge in [-0.1, -0.05) is 68.7 Å². The zero-order chi connectivity index (χ0) is 26.1. The Kier molecular flexibility index (Phi) is 9.18. The Bertz CT molecular complexity index is 1470. The maximum atomic E-state index is 4.59. The van der Waals surface area contributed by atoms with Crippen molar-refractivity contribution in [2.45, 2.75) is 41.0 Å². The van der Waals surface area contributed by atoms with Crippen molar-refractivity contribution in [3.63, 3.8) is 0 Å². The van der Waals surface area contributed by atoms with E-state index in [1.54, 1.807) is 6.20 Å². The molecule has 0 saturated heterocycles. The minimum atomic E-state index is 0.810. The zero-order valence-corrected chi connectivity index (χ0v) is 22.0. The number of aromatic amines is 2. The fourth-order valence-corrected chi connectivity index (χ4v) is 4.00. The van der Waals surface area contributed by atoms with Crippen LogP contribution in [0.2, 0.25) is 0 Å². The lowest BCUT2D eigenvalue weighted by molar-refractivity contribution is 1.06. The summed E-state index contributed by atoms with van der Waals surface area (Å²) in [4.78, 5) is 7.81. The van der Waals surface area contributed by atoms with Gasteiger partial charge in [-0.25, -0.2) is 0 Å². The Morgan fingerprint density at radius 1 is 1.19 bits per heavy atom. The third kappa shape index (κ3) is 6.08. The largest absolute Gasteiger partial charge is 0.357 e. The quantitative estimate of drug-likeness (QED) is 0.337. The number of nitrogens with one attached hydrogen (secondary N) is 2. The van der Waals surface area contributed by atoms with Crippen LogP contribution in [0.1, 0.15) is 50.9 Å². The molecule has 3 rings (SSSR count). The van der Waals surface area contributed by atoms with E-state index in [0.717, 1.165) is 56.3 Å². The van der Waals surface area contributed by atoms with Crippen molar-refractivity contribution in [2.24, 2.45) is 0 Å². The van der Waals surface area contributed by atoms with E-state index in [0.29, 0.717) is 0 Å². The molecule has 0 atom stereocenters. The lowest BCUT2D eigenvalue weighted by Crippen LogP contribution is -2.21. The normalized spacial score (nSPS) is 14.2. The fraction of sp³-hybridized carbons (Fsp3) is 0.188. The second kappa shape index (κ2) is 12.5. The Labute approximate surface area is 214 Å². The van der Waals surface area contributed by atoms with Crippen molar-refractivity contribution < 1.29 is 0 Å². The van der Waals surface area contributed by atoms with Gasteiger partial charge in [-0.05, 0) is 74.6 Å². The molecule has 0 bridgehead atoms. The molecule has 4 heteroatoms. The third-order valence-corrected chi connectivity index (χ3v) is 6.16. The van der Waals surface area contributed by atoms with E-state index in [4.69, 9.17) is 0 Å². The Morgan fingerprint density at radius 2 is 2.00 bits per heavy atom. The molecule has 4 nitrogen and oxygen atoms in total. The van der Waals surface area contributed by atoms with Crippen molar-refractivity contribution in [1.82, 2.24) is 20.2 Å². The van der Waals surface area contributed by atoms with Gasteiger partial charge in [0.1, 0.15) is 5.69 Å². The van der Waals surface area contributed by atoms with E-state index in [2.05, 4.69) is 97.5 Å². The predicted molar refractivity (Wildman–Crippen MR) is 155 cm³/mol. The first kappa shape index (κ1) is 26.4. The summed E-state index contributed by atoms with van der Waals surface area (Å²) in [6.45, 7) is 18.6. The molecule has 184 valence electrons. The van der Waals surface area contributed by atoms with Crippen molar-refractivity contribution in [3.05, 3.63) is 124 Å². The van der Waals surface area contributed by atoms with E-state index < -0.39 is 0 Å². The summed E-state index contributed by atoms with van der Waals surface area (Å²) in [6.07, 6.45) is 21.2. The Balaban J connectivity index is 2.00. The fourth-order valence-electron chi connectivity index (χ4n) is 4.00. The maximum Gasteiger partial charge on any atom is 0.116 e. The molecule has 0 aliphatic carbocycles. The zero-order valence-electron chi connectivity index (χ0n) is 22.0. The van der Waals surface area contributed by atoms with Crippen LogP contribution in [-0.2, 0) is 0 Å². The Morgan fingerprint density at radius 3 is 2.64 bits per heavy atom. The van der Waals surface area contributed by atoms with E-state index in [9.17, 15) is 0 Å². The number of aryl methyl sites for hydroxylation is 1. The first-order valence-electron chi connectivity index (χ1n) is 12.3. The third-order valence-electron chi connectivity index (χ3n) is 6.16. The molecule has 0 unspecified atom stereocenters. The highest BCUT2D eigenvalue weighted by Crippen LogP contribution is 2.29. The number of H-pyrrole nitrogens is 2. The summed E-state index contributed by atoms with van der Waals surface area (Å²) in [5.41, 5.74) is 9.62. The second-order valence-electron chi connectivity index (χ2n) is 8.57. The van der Waals surface area contributed by atoms with Crippen LogP contribution in [0.3, 0.4) is 0 Å². The number of pyridine rings is 1. The van der Waals surface area contributed by atoms with E-state index >= 15 is 0 Å². The maximum absolute atomic E-state index is 4.59. The highest BCUT2D eigenvalue weighted by molar-refractivity contribution is 5.83. The van der Waals surface area contributed by atoms with Gasteiger partial charge in [0.2, 0.25) is 0 Å². The molecule has 0 aliphatic rings. The lowest BCUT2D eigenvalue weighted by Gasteiger charge is -2.06. The van der Waals surface area contributed by atoms with Crippen molar-refractivity contribution >= 4 is 18.2 Å². The van der Waals surface area contributed by atoms with Crippen molar-refractivity contribution in [2.75, 3.05) is 0 Å². The first-order chi connectivity index (χ1) is 17.4. The standard InChI is InChI=1S/C32H36N4/c1-8-12-15-28(27-14-13-18-33-21-27)29-20-31(34-24(29)7)32-23(6)30(35-36-32)17-16-22(5)26(11-4)19-25(9-2)10-3/h8-9,11-21,34-35H,2,6,10H2,1,3-5,7H3/b12-8-,22-16+,25-19+,26-11+,28-15-,30-17+. The van der Waals surface area contributed by atoms with Crippen LogP contribution in [0.4, 0.5) is 0 Å². The Hall–Kier alpha value is -4.18. The summed E-state index contributed by atoms with van der Waals surface area (Å²) in [7, 11) is 0. The van der Waals surface area contributed by atoms with Gasteiger partial charge in [0.25, 0.3) is 0 Å². The number of hydrogen-bond acceptors (Lipinski definition) is 2. The van der Waals surface area contributed by atoms with Gasteiger partial charge in [-0.15, -0.1) is 0 Å². The number of allylic oxidation sites excluding steroid dienone is 10. The monoisotopic (exact) mass is 476 g/mol. The molecule has 2 N–H and O–H groups in total. The minimum Gasteiger partial charge on any atom is -0.357 e. The summed E-state index contributed by atoms with van der Waals surface area (Å²) in [5, 5.41) is 9.48. The first-order valence-corrected chi connectivity index (χ1v) is 12.3. The predicted octanol–water partition coefficient (Wildman–Crippen LogP) is 6.72. The molecule has 0 saturated carbocycles. The molecular weight excluding hydrogens is 440 g/mol. The summed E-state index contributed by atoms with van der Waals surface area (Å²) < 4.78 is 0. The molecular formula is C32H36N4. The van der Waals surface area contributed by atoms with Crippen LogP contribution in [0.15, 0.2) is 96.4 Å². The molecule has 3 aromatic rings. The van der Waals surface area contributed by atoms with E-state index in [1.807, 2.05) is 43.5 Å². The highest BCUT2D eigenvalue weighted by atomic mass is 15.1. The molecule has 36 heavy (non-hydrogen) atoms. The van der Waals surface area contributed by atoms with Crippen molar-refractivity contribution in [3.8, 4) is 11.4 Å². The van der Waals surface area contributed by atoms with Crippen LogP contribution >= 0.6 is 0 Å². The molecule has 3 heterocycles.